The molecular formula is C24H30N2O5S. The number of hydrogen-bond acceptors (Lipinski definition) is 8. The maximum atomic E-state index is 13.7. The molecule has 2 saturated heterocycles. The maximum Gasteiger partial charge on any atom is 0.208 e. The first-order chi connectivity index (χ1) is 15.1. The second kappa shape index (κ2) is 6.10. The van der Waals surface area contributed by atoms with Crippen molar-refractivity contribution in [2.45, 2.75) is 56.5 Å². The molecule has 4 bridgehead atoms. The van der Waals surface area contributed by atoms with Crippen LogP contribution in [0.5, 0.6) is 0 Å². The van der Waals surface area contributed by atoms with Crippen molar-refractivity contribution in [1.82, 2.24) is 4.98 Å². The van der Waals surface area contributed by atoms with E-state index in [1.165, 1.54) is 0 Å². The number of ether oxygens (including phenoxy) is 1. The highest BCUT2D eigenvalue weighted by Gasteiger charge is 2.86. The van der Waals surface area contributed by atoms with E-state index in [4.69, 9.17) is 9.72 Å². The lowest BCUT2D eigenvalue weighted by molar-refractivity contribution is -0.429. The number of thiazole rings is 1. The molecule has 0 amide bonds. The molecule has 8 atom stereocenters. The van der Waals surface area contributed by atoms with Crippen LogP contribution in [0.4, 0.5) is 5.13 Å². The first-order valence-electron chi connectivity index (χ1n) is 11.4. The number of fused-ring (bicyclic) bond motifs is 3. The van der Waals surface area contributed by atoms with Gasteiger partial charge in [-0.3, -0.25) is 4.79 Å². The molecule has 32 heavy (non-hydrogen) atoms. The van der Waals surface area contributed by atoms with Gasteiger partial charge in [-0.15, -0.1) is 17.9 Å². The summed E-state index contributed by atoms with van der Waals surface area (Å²) in [4.78, 5) is 19.8. The van der Waals surface area contributed by atoms with Crippen molar-refractivity contribution in [3.05, 3.63) is 35.4 Å². The minimum atomic E-state index is -2.15. The molecule has 1 aromatic rings. The summed E-state index contributed by atoms with van der Waals surface area (Å²) in [5.74, 6) is -3.68. The highest BCUT2D eigenvalue weighted by atomic mass is 32.1. The van der Waals surface area contributed by atoms with E-state index in [-0.39, 0.29) is 23.7 Å². The van der Waals surface area contributed by atoms with Crippen LogP contribution in [0, 0.1) is 28.6 Å². The van der Waals surface area contributed by atoms with Crippen LogP contribution in [0.3, 0.4) is 0 Å². The van der Waals surface area contributed by atoms with Gasteiger partial charge >= 0.3 is 0 Å². The van der Waals surface area contributed by atoms with E-state index >= 15 is 0 Å². The summed E-state index contributed by atoms with van der Waals surface area (Å²) >= 11 is 1.59. The molecule has 8 heteroatoms. The quantitative estimate of drug-likeness (QED) is 0.404. The third kappa shape index (κ3) is 1.96. The van der Waals surface area contributed by atoms with E-state index in [0.717, 1.165) is 15.7 Å². The smallest absolute Gasteiger partial charge is 0.208 e. The molecule has 4 aliphatic carbocycles. The van der Waals surface area contributed by atoms with Gasteiger partial charge in [0.05, 0.1) is 18.4 Å². The Hall–Kier alpha value is -1.58. The fourth-order valence-corrected chi connectivity index (χ4v) is 9.63. The minimum absolute atomic E-state index is 0.163. The van der Waals surface area contributed by atoms with Gasteiger partial charge in [-0.05, 0) is 36.2 Å². The van der Waals surface area contributed by atoms with Gasteiger partial charge in [0.1, 0.15) is 11.5 Å². The number of nitrogens with zero attached hydrogens (tertiary/aromatic N) is 1. The summed E-state index contributed by atoms with van der Waals surface area (Å²) < 4.78 is 6.07. The van der Waals surface area contributed by atoms with Gasteiger partial charge in [0.2, 0.25) is 5.79 Å². The molecule has 6 aliphatic rings. The SMILES string of the molecule is C=CCNc1nc2c(s1)CC(C)(C)[C@H]1[C@H](O)[C@@]3(O)OC[C@@]21[C@@H]1CC[C@H]2C(=C)C(=O)[C@]13[C@@H]2O. The lowest BCUT2D eigenvalue weighted by Crippen LogP contribution is -2.85. The number of ketones is 1. The van der Waals surface area contributed by atoms with Gasteiger partial charge in [0, 0.05) is 28.7 Å². The van der Waals surface area contributed by atoms with Crippen molar-refractivity contribution in [3.63, 3.8) is 0 Å². The van der Waals surface area contributed by atoms with Gasteiger partial charge in [-0.2, -0.15) is 0 Å². The summed E-state index contributed by atoms with van der Waals surface area (Å²) in [6.45, 7) is 12.7. The fraction of sp³-hybridized carbons (Fsp3) is 0.667. The Bertz CT molecular complexity index is 1070. The van der Waals surface area contributed by atoms with Crippen LogP contribution in [-0.2, 0) is 21.4 Å². The van der Waals surface area contributed by atoms with Gasteiger partial charge in [-0.25, -0.2) is 4.98 Å². The summed E-state index contributed by atoms with van der Waals surface area (Å²) in [7, 11) is 0. The van der Waals surface area contributed by atoms with E-state index in [9.17, 15) is 20.1 Å². The molecule has 172 valence electrons. The zero-order chi connectivity index (χ0) is 22.8. The average molecular weight is 459 g/mol. The summed E-state index contributed by atoms with van der Waals surface area (Å²) in [5.41, 5.74) is -1.58. The van der Waals surface area contributed by atoms with E-state index in [1.807, 2.05) is 0 Å². The molecule has 3 saturated carbocycles. The molecule has 7 rings (SSSR count). The Morgan fingerprint density at radius 2 is 2.06 bits per heavy atom. The van der Waals surface area contributed by atoms with E-state index in [0.29, 0.717) is 31.4 Å². The Kier molecular flexibility index (Phi) is 4.00. The zero-order valence-electron chi connectivity index (χ0n) is 18.4. The van der Waals surface area contributed by atoms with Crippen molar-refractivity contribution in [1.29, 1.82) is 0 Å². The number of aromatic nitrogens is 1. The molecule has 4 N–H and O–H groups in total. The second-order valence-corrected chi connectivity index (χ2v) is 12.1. The van der Waals surface area contributed by atoms with E-state index in [2.05, 4.69) is 32.3 Å². The lowest BCUT2D eigenvalue weighted by atomic mass is 9.36. The van der Waals surface area contributed by atoms with Gasteiger partial charge in [0.25, 0.3) is 0 Å². The number of carbonyl (C=O) groups excluding carboxylic acids is 1. The first kappa shape index (κ1) is 21.0. The predicted octanol–water partition coefficient (Wildman–Crippen LogP) is 1.78. The third-order valence-electron chi connectivity index (χ3n) is 9.29. The monoisotopic (exact) mass is 458 g/mol. The third-order valence-corrected chi connectivity index (χ3v) is 10.3. The largest absolute Gasteiger partial charge is 0.391 e. The molecule has 0 radical (unpaired) electrons. The number of rotatable bonds is 3. The average Bonchev–Trinajstić information content (AvgIpc) is 3.18. The summed E-state index contributed by atoms with van der Waals surface area (Å²) in [6.07, 6.45) is 1.29. The molecule has 1 aromatic heterocycles. The number of nitrogens with one attached hydrogen (secondary N) is 1. The first-order valence-corrected chi connectivity index (χ1v) is 12.2. The number of carbonyl (C=O) groups is 1. The molecule has 2 aliphatic heterocycles. The summed E-state index contributed by atoms with van der Waals surface area (Å²) in [5, 5.41) is 39.1. The molecular weight excluding hydrogens is 428 g/mol. The Morgan fingerprint density at radius 3 is 2.78 bits per heavy atom. The van der Waals surface area contributed by atoms with Crippen molar-refractivity contribution >= 4 is 22.3 Å². The number of aliphatic hydroxyl groups is 3. The molecule has 0 unspecified atom stereocenters. The Balaban J connectivity index is 1.64. The van der Waals surface area contributed by atoms with E-state index in [1.54, 1.807) is 17.4 Å². The molecule has 2 spiro atoms. The standard InChI is InChI=1S/C24H30N2O5S/c1-5-8-25-20-26-16-13(32-20)9-21(3,4)15-19(29)24(30)23-14(22(15,16)10-31-24)7-6-12(18(23)28)11(2)17(23)27/h5,12,14-15,18-19,28-30H,1-2,6-10H2,3-4H3,(H,25,26)/t12-,14-,15+,18+,19-,22-,23-,24+/m0/s1. The van der Waals surface area contributed by atoms with Gasteiger partial charge in [0.15, 0.2) is 10.9 Å². The van der Waals surface area contributed by atoms with Gasteiger partial charge < -0.3 is 25.4 Å². The lowest BCUT2D eigenvalue weighted by Gasteiger charge is -2.73. The predicted molar refractivity (Wildman–Crippen MR) is 119 cm³/mol. The highest BCUT2D eigenvalue weighted by Crippen LogP contribution is 2.75. The number of anilines is 1. The fourth-order valence-electron chi connectivity index (χ4n) is 8.33. The Morgan fingerprint density at radius 1 is 1.31 bits per heavy atom. The van der Waals surface area contributed by atoms with Crippen LogP contribution >= 0.6 is 11.3 Å². The van der Waals surface area contributed by atoms with Crippen LogP contribution in [-0.4, -0.2) is 57.2 Å². The van der Waals surface area contributed by atoms with Crippen LogP contribution in [0.15, 0.2) is 24.8 Å². The van der Waals surface area contributed by atoms with Crippen molar-refractivity contribution in [2.75, 3.05) is 18.5 Å². The molecule has 7 nitrogen and oxygen atoms in total. The van der Waals surface area contributed by atoms with Crippen LogP contribution in [0.2, 0.25) is 0 Å². The molecule has 0 aromatic carbocycles. The Labute approximate surface area is 191 Å². The van der Waals surface area contributed by atoms with Crippen molar-refractivity contribution in [3.8, 4) is 0 Å². The second-order valence-electron chi connectivity index (χ2n) is 11.0. The van der Waals surface area contributed by atoms with Crippen LogP contribution in [0.25, 0.3) is 0 Å². The summed E-state index contributed by atoms with van der Waals surface area (Å²) in [6, 6.07) is 0. The van der Waals surface area contributed by atoms with Crippen molar-refractivity contribution < 1.29 is 24.9 Å². The highest BCUT2D eigenvalue weighted by molar-refractivity contribution is 7.15. The number of aliphatic hydroxyl groups excluding tert-OH is 2. The zero-order valence-corrected chi connectivity index (χ0v) is 19.2. The normalized spacial score (nSPS) is 47.6. The van der Waals surface area contributed by atoms with Gasteiger partial charge in [-0.1, -0.05) is 26.5 Å². The number of hydrogen-bond donors (Lipinski definition) is 4. The minimum Gasteiger partial charge on any atom is -0.391 e. The number of Topliss-reactive ketones (excluding diaryl/α,β-unsaturated/α-hetero) is 1. The topological polar surface area (TPSA) is 112 Å². The molecule has 5 fully saturated rings. The van der Waals surface area contributed by atoms with Crippen LogP contribution in [0.1, 0.15) is 37.3 Å². The van der Waals surface area contributed by atoms with Crippen LogP contribution < -0.4 is 5.32 Å². The maximum absolute atomic E-state index is 13.7. The van der Waals surface area contributed by atoms with E-state index < -0.39 is 40.7 Å². The molecule has 3 heterocycles. The van der Waals surface area contributed by atoms with Crippen molar-refractivity contribution in [2.24, 2.45) is 28.6 Å².